The molecular formula is C14H15N3OS4. The van der Waals surface area contributed by atoms with E-state index in [0.717, 1.165) is 10.1 Å². The summed E-state index contributed by atoms with van der Waals surface area (Å²) < 4.78 is 1.39. The van der Waals surface area contributed by atoms with Gasteiger partial charge in [-0.2, -0.15) is 0 Å². The zero-order chi connectivity index (χ0) is 15.4. The van der Waals surface area contributed by atoms with E-state index in [9.17, 15) is 4.79 Å². The Bertz CT molecular complexity index is 638. The van der Waals surface area contributed by atoms with Gasteiger partial charge in [0.2, 0.25) is 5.13 Å². The van der Waals surface area contributed by atoms with Crippen molar-refractivity contribution in [2.24, 2.45) is 0 Å². The van der Waals surface area contributed by atoms with Gasteiger partial charge in [-0.25, -0.2) is 0 Å². The van der Waals surface area contributed by atoms with Crippen LogP contribution in [0.25, 0.3) is 0 Å². The van der Waals surface area contributed by atoms with Gasteiger partial charge in [-0.1, -0.05) is 42.2 Å². The monoisotopic (exact) mass is 369 g/mol. The van der Waals surface area contributed by atoms with Gasteiger partial charge in [0.15, 0.2) is 4.34 Å². The summed E-state index contributed by atoms with van der Waals surface area (Å²) in [6.45, 7) is 2.06. The maximum absolute atomic E-state index is 12.2. The molecule has 0 unspecified atom stereocenters. The first-order valence-corrected chi connectivity index (χ1v) is 10.8. The van der Waals surface area contributed by atoms with Crippen LogP contribution in [0.3, 0.4) is 0 Å². The van der Waals surface area contributed by atoms with Gasteiger partial charge in [0.05, 0.1) is 4.58 Å². The van der Waals surface area contributed by atoms with Crippen LogP contribution in [0.2, 0.25) is 0 Å². The molecule has 1 N–H and O–H groups in total. The Morgan fingerprint density at radius 2 is 2.00 bits per heavy atom. The SMILES string of the molecule is CCSc1nnc(NC(=O)c2ccc(C3SCCS3)cc2)s1. The summed E-state index contributed by atoms with van der Waals surface area (Å²) in [6, 6.07) is 7.85. The molecule has 2 heterocycles. The van der Waals surface area contributed by atoms with Crippen molar-refractivity contribution in [1.29, 1.82) is 0 Å². The van der Waals surface area contributed by atoms with E-state index < -0.39 is 0 Å². The second kappa shape index (κ2) is 7.72. The first kappa shape index (κ1) is 16.2. The average molecular weight is 370 g/mol. The van der Waals surface area contributed by atoms with E-state index in [4.69, 9.17) is 0 Å². The van der Waals surface area contributed by atoms with Gasteiger partial charge in [0, 0.05) is 17.1 Å². The standard InChI is InChI=1S/C14H15N3OS4/c1-2-19-14-17-16-13(22-14)15-11(18)9-3-5-10(6-4-9)12-20-7-8-21-12/h3-6,12H,2,7-8H2,1H3,(H,15,16,18). The van der Waals surface area contributed by atoms with Crippen molar-refractivity contribution in [2.45, 2.75) is 15.8 Å². The highest BCUT2D eigenvalue weighted by molar-refractivity contribution is 8.19. The molecule has 116 valence electrons. The van der Waals surface area contributed by atoms with Crippen LogP contribution in [0.4, 0.5) is 5.13 Å². The molecule has 1 aliphatic rings. The third-order valence-electron chi connectivity index (χ3n) is 2.96. The molecule has 2 aromatic rings. The number of nitrogens with zero attached hydrogens (tertiary/aromatic N) is 2. The zero-order valence-electron chi connectivity index (χ0n) is 11.9. The largest absolute Gasteiger partial charge is 0.296 e. The third-order valence-corrected chi connectivity index (χ3v) is 7.92. The topological polar surface area (TPSA) is 54.9 Å². The van der Waals surface area contributed by atoms with Crippen molar-refractivity contribution in [3.63, 3.8) is 0 Å². The third kappa shape index (κ3) is 3.98. The first-order chi connectivity index (χ1) is 10.8. The second-order valence-corrected chi connectivity index (χ2v) is 9.67. The molecule has 3 rings (SSSR count). The molecule has 1 fully saturated rings. The molecule has 0 bridgehead atoms. The molecule has 8 heteroatoms. The van der Waals surface area contributed by atoms with Crippen LogP contribution >= 0.6 is 46.6 Å². The number of hydrogen-bond donors (Lipinski definition) is 1. The van der Waals surface area contributed by atoms with Crippen molar-refractivity contribution in [2.75, 3.05) is 22.6 Å². The minimum atomic E-state index is -0.137. The number of carbonyl (C=O) groups excluding carboxylic acids is 1. The van der Waals surface area contributed by atoms with Gasteiger partial charge in [0.25, 0.3) is 5.91 Å². The molecule has 0 atom stereocenters. The number of nitrogens with one attached hydrogen (secondary N) is 1. The van der Waals surface area contributed by atoms with Gasteiger partial charge < -0.3 is 0 Å². The first-order valence-electron chi connectivity index (χ1n) is 6.87. The van der Waals surface area contributed by atoms with E-state index in [1.807, 2.05) is 47.8 Å². The van der Waals surface area contributed by atoms with Crippen LogP contribution in [-0.4, -0.2) is 33.4 Å². The van der Waals surface area contributed by atoms with E-state index in [1.54, 1.807) is 11.8 Å². The van der Waals surface area contributed by atoms with Gasteiger partial charge in [0.1, 0.15) is 0 Å². The van der Waals surface area contributed by atoms with Crippen molar-refractivity contribution in [3.8, 4) is 0 Å². The van der Waals surface area contributed by atoms with Gasteiger partial charge >= 0.3 is 0 Å². The van der Waals surface area contributed by atoms with Crippen LogP contribution in [0.15, 0.2) is 28.6 Å². The van der Waals surface area contributed by atoms with Crippen LogP contribution in [0.1, 0.15) is 27.4 Å². The summed E-state index contributed by atoms with van der Waals surface area (Å²) in [5, 5.41) is 11.4. The maximum Gasteiger partial charge on any atom is 0.257 e. The quantitative estimate of drug-likeness (QED) is 0.623. The minimum absolute atomic E-state index is 0.137. The Labute approximate surface area is 146 Å². The molecule has 1 amide bonds. The second-order valence-electron chi connectivity index (χ2n) is 4.46. The van der Waals surface area contributed by atoms with Crippen LogP contribution < -0.4 is 5.32 Å². The number of hydrogen-bond acceptors (Lipinski definition) is 7. The van der Waals surface area contributed by atoms with E-state index >= 15 is 0 Å². The van der Waals surface area contributed by atoms with E-state index in [-0.39, 0.29) is 5.91 Å². The summed E-state index contributed by atoms with van der Waals surface area (Å²) in [7, 11) is 0. The summed E-state index contributed by atoms with van der Waals surface area (Å²) in [5.41, 5.74) is 1.93. The molecule has 1 saturated heterocycles. The molecule has 1 aromatic heterocycles. The summed E-state index contributed by atoms with van der Waals surface area (Å²) in [6.07, 6.45) is 0. The number of aromatic nitrogens is 2. The van der Waals surface area contributed by atoms with Gasteiger partial charge in [-0.3, -0.25) is 10.1 Å². The minimum Gasteiger partial charge on any atom is -0.296 e. The smallest absolute Gasteiger partial charge is 0.257 e. The lowest BCUT2D eigenvalue weighted by molar-refractivity contribution is 0.102. The predicted molar refractivity (Wildman–Crippen MR) is 98.4 cm³/mol. The summed E-state index contributed by atoms with van der Waals surface area (Å²) in [4.78, 5) is 12.2. The van der Waals surface area contributed by atoms with Crippen molar-refractivity contribution < 1.29 is 4.79 Å². The van der Waals surface area contributed by atoms with Crippen molar-refractivity contribution >= 4 is 57.7 Å². The van der Waals surface area contributed by atoms with Gasteiger partial charge in [-0.15, -0.1) is 33.7 Å². The fraction of sp³-hybridized carbons (Fsp3) is 0.357. The number of anilines is 1. The highest BCUT2D eigenvalue weighted by atomic mass is 32.2. The predicted octanol–water partition coefficient (Wildman–Crippen LogP) is 4.38. The molecule has 1 aliphatic heterocycles. The Balaban J connectivity index is 1.63. The number of carbonyl (C=O) groups is 1. The molecule has 4 nitrogen and oxygen atoms in total. The highest BCUT2D eigenvalue weighted by Gasteiger charge is 2.18. The summed E-state index contributed by atoms with van der Waals surface area (Å²) in [5.74, 6) is 3.21. The number of rotatable bonds is 5. The lowest BCUT2D eigenvalue weighted by Gasteiger charge is -2.08. The molecule has 0 radical (unpaired) electrons. The maximum atomic E-state index is 12.2. The molecule has 22 heavy (non-hydrogen) atoms. The zero-order valence-corrected chi connectivity index (χ0v) is 15.2. The molecule has 0 saturated carbocycles. The average Bonchev–Trinajstić information content (AvgIpc) is 3.20. The fourth-order valence-electron chi connectivity index (χ4n) is 1.95. The van der Waals surface area contributed by atoms with Crippen LogP contribution in [0, 0.1) is 0 Å². The number of amides is 1. The van der Waals surface area contributed by atoms with Crippen LogP contribution in [0.5, 0.6) is 0 Å². The fourth-order valence-corrected chi connectivity index (χ4v) is 6.46. The normalized spacial score (nSPS) is 15.1. The van der Waals surface area contributed by atoms with Crippen LogP contribution in [-0.2, 0) is 0 Å². The van der Waals surface area contributed by atoms with Crippen molar-refractivity contribution in [3.05, 3.63) is 35.4 Å². The molecule has 0 aliphatic carbocycles. The molecular weight excluding hydrogens is 354 g/mol. The lowest BCUT2D eigenvalue weighted by atomic mass is 10.1. The Kier molecular flexibility index (Phi) is 5.67. The van der Waals surface area contributed by atoms with Gasteiger partial charge in [-0.05, 0) is 23.4 Å². The van der Waals surface area contributed by atoms with E-state index in [2.05, 4.69) is 22.4 Å². The Morgan fingerprint density at radius 1 is 1.27 bits per heavy atom. The summed E-state index contributed by atoms with van der Waals surface area (Å²) >= 11 is 6.96. The Morgan fingerprint density at radius 3 is 2.68 bits per heavy atom. The lowest BCUT2D eigenvalue weighted by Crippen LogP contribution is -2.11. The number of benzene rings is 1. The molecule has 1 aromatic carbocycles. The highest BCUT2D eigenvalue weighted by Crippen LogP contribution is 2.45. The van der Waals surface area contributed by atoms with Crippen molar-refractivity contribution in [1.82, 2.24) is 10.2 Å². The van der Waals surface area contributed by atoms with E-state index in [1.165, 1.54) is 28.4 Å². The Hall–Kier alpha value is -0.700. The molecule has 0 spiro atoms. The number of thioether (sulfide) groups is 3. The van der Waals surface area contributed by atoms with E-state index in [0.29, 0.717) is 15.3 Å².